The van der Waals surface area contributed by atoms with Crippen LogP contribution in [0.1, 0.15) is 44.1 Å². The van der Waals surface area contributed by atoms with Gasteiger partial charge in [-0.05, 0) is 51.4 Å². The largest absolute Gasteiger partial charge is 0.491 e. The molecule has 1 atom stereocenters. The van der Waals surface area contributed by atoms with Crippen LogP contribution in [-0.2, 0) is 6.54 Å². The average molecular weight is 336 g/mol. The first-order valence-corrected chi connectivity index (χ1v) is 9.00. The normalized spacial score (nSPS) is 18.3. The lowest BCUT2D eigenvalue weighted by molar-refractivity contribution is 0.216. The maximum atomic E-state index is 5.99. The summed E-state index contributed by atoms with van der Waals surface area (Å²) in [7, 11) is 0. The van der Waals surface area contributed by atoms with E-state index in [1.54, 1.807) is 0 Å². The first-order valence-electron chi connectivity index (χ1n) is 9.00. The van der Waals surface area contributed by atoms with Crippen LogP contribution < -0.4 is 4.74 Å². The minimum absolute atomic E-state index is 0.177. The molecule has 0 spiro atoms. The molecule has 3 aromatic rings. The van der Waals surface area contributed by atoms with Crippen molar-refractivity contribution in [2.45, 2.75) is 45.4 Å². The Hall–Kier alpha value is -2.40. The van der Waals surface area contributed by atoms with Crippen molar-refractivity contribution in [3.8, 4) is 5.75 Å². The maximum Gasteiger partial charge on any atom is 0.160 e. The number of fused-ring (bicyclic) bond motifs is 1. The molecule has 0 radical (unpaired) electrons. The Bertz CT molecular complexity index is 858. The molecule has 1 aliphatic heterocycles. The first kappa shape index (κ1) is 16.1. The molecule has 0 bridgehead atoms. The number of likely N-dealkylation sites (tertiary alicyclic amines) is 1. The van der Waals surface area contributed by atoms with E-state index < -0.39 is 0 Å². The number of aromatic nitrogens is 3. The smallest absolute Gasteiger partial charge is 0.160 e. The molecule has 1 fully saturated rings. The van der Waals surface area contributed by atoms with Gasteiger partial charge in [0.05, 0.1) is 12.1 Å². The Morgan fingerprint density at radius 2 is 1.96 bits per heavy atom. The molecule has 0 unspecified atom stereocenters. The lowest BCUT2D eigenvalue weighted by Gasteiger charge is -2.24. The highest BCUT2D eigenvalue weighted by Gasteiger charge is 2.30. The number of nitrogens with zero attached hydrogens (tertiary/aromatic N) is 4. The van der Waals surface area contributed by atoms with E-state index in [0.717, 1.165) is 36.7 Å². The molecule has 1 aromatic carbocycles. The molecule has 130 valence electrons. The van der Waals surface area contributed by atoms with Gasteiger partial charge in [0.1, 0.15) is 5.75 Å². The minimum Gasteiger partial charge on any atom is -0.491 e. The molecule has 0 saturated carbocycles. The highest BCUT2D eigenvalue weighted by molar-refractivity contribution is 5.38. The Morgan fingerprint density at radius 3 is 2.84 bits per heavy atom. The molecule has 0 aliphatic carbocycles. The highest BCUT2D eigenvalue weighted by atomic mass is 16.5. The van der Waals surface area contributed by atoms with Crippen molar-refractivity contribution in [3.63, 3.8) is 0 Å². The summed E-state index contributed by atoms with van der Waals surface area (Å²) in [6.07, 6.45) is 4.52. The van der Waals surface area contributed by atoms with Gasteiger partial charge in [0.2, 0.25) is 0 Å². The van der Waals surface area contributed by atoms with E-state index in [1.165, 1.54) is 12.0 Å². The number of rotatable bonds is 5. The number of ether oxygens (including phenoxy) is 1. The molecule has 25 heavy (non-hydrogen) atoms. The lowest BCUT2D eigenvalue weighted by Crippen LogP contribution is -2.25. The van der Waals surface area contributed by atoms with Crippen molar-refractivity contribution in [1.82, 2.24) is 19.5 Å². The van der Waals surface area contributed by atoms with Gasteiger partial charge in [-0.2, -0.15) is 0 Å². The van der Waals surface area contributed by atoms with Crippen LogP contribution in [-0.4, -0.2) is 32.1 Å². The van der Waals surface area contributed by atoms with Crippen LogP contribution in [0.4, 0.5) is 0 Å². The highest BCUT2D eigenvalue weighted by Crippen LogP contribution is 2.34. The van der Waals surface area contributed by atoms with Gasteiger partial charge in [-0.15, -0.1) is 10.2 Å². The molecular formula is C20H24N4O. The number of hydrogen-bond acceptors (Lipinski definition) is 4. The van der Waals surface area contributed by atoms with Crippen molar-refractivity contribution < 1.29 is 4.74 Å². The van der Waals surface area contributed by atoms with E-state index in [0.29, 0.717) is 6.04 Å². The summed E-state index contributed by atoms with van der Waals surface area (Å²) in [6, 6.07) is 14.7. The summed E-state index contributed by atoms with van der Waals surface area (Å²) in [5.74, 6) is 2.02. The van der Waals surface area contributed by atoms with Gasteiger partial charge in [-0.3, -0.25) is 9.30 Å². The van der Waals surface area contributed by atoms with Crippen LogP contribution in [0.5, 0.6) is 5.75 Å². The molecule has 1 saturated heterocycles. The van der Waals surface area contributed by atoms with Gasteiger partial charge in [-0.25, -0.2) is 0 Å². The Labute approximate surface area is 148 Å². The fraction of sp³-hybridized carbons (Fsp3) is 0.400. The predicted molar refractivity (Wildman–Crippen MR) is 97.6 cm³/mol. The van der Waals surface area contributed by atoms with E-state index >= 15 is 0 Å². The maximum absolute atomic E-state index is 5.99. The summed E-state index contributed by atoms with van der Waals surface area (Å²) in [5.41, 5.74) is 2.14. The summed E-state index contributed by atoms with van der Waals surface area (Å²) in [5, 5.41) is 8.80. The first-order chi connectivity index (χ1) is 12.2. The zero-order valence-corrected chi connectivity index (χ0v) is 14.8. The van der Waals surface area contributed by atoms with Gasteiger partial charge in [-0.1, -0.05) is 24.3 Å². The van der Waals surface area contributed by atoms with Crippen molar-refractivity contribution in [2.24, 2.45) is 0 Å². The van der Waals surface area contributed by atoms with E-state index in [-0.39, 0.29) is 6.10 Å². The third kappa shape index (κ3) is 3.24. The topological polar surface area (TPSA) is 42.7 Å². The molecule has 5 heteroatoms. The summed E-state index contributed by atoms with van der Waals surface area (Å²) >= 11 is 0. The predicted octanol–water partition coefficient (Wildman–Crippen LogP) is 3.85. The second kappa shape index (κ2) is 6.84. The van der Waals surface area contributed by atoms with Gasteiger partial charge in [0.15, 0.2) is 11.5 Å². The Kier molecular flexibility index (Phi) is 4.40. The number of para-hydroxylation sites is 1. The van der Waals surface area contributed by atoms with Gasteiger partial charge < -0.3 is 4.74 Å². The molecule has 5 nitrogen and oxygen atoms in total. The van der Waals surface area contributed by atoms with Crippen molar-refractivity contribution in [2.75, 3.05) is 6.54 Å². The fourth-order valence-corrected chi connectivity index (χ4v) is 3.62. The van der Waals surface area contributed by atoms with Crippen LogP contribution in [0.25, 0.3) is 5.65 Å². The third-order valence-electron chi connectivity index (χ3n) is 4.71. The van der Waals surface area contributed by atoms with Crippen molar-refractivity contribution in [3.05, 3.63) is 60.0 Å². The van der Waals surface area contributed by atoms with Crippen LogP contribution in [0.15, 0.2) is 48.7 Å². The monoisotopic (exact) mass is 336 g/mol. The van der Waals surface area contributed by atoms with Crippen molar-refractivity contribution >= 4 is 5.65 Å². The number of hydrogen-bond donors (Lipinski definition) is 0. The second-order valence-corrected chi connectivity index (χ2v) is 6.89. The van der Waals surface area contributed by atoms with Crippen LogP contribution >= 0.6 is 0 Å². The van der Waals surface area contributed by atoms with Crippen LogP contribution in [0.2, 0.25) is 0 Å². The third-order valence-corrected chi connectivity index (χ3v) is 4.71. The average Bonchev–Trinajstić information content (AvgIpc) is 3.22. The SMILES string of the molecule is CC(C)Oc1ccccc1CN1CCC[C@H]1c1nnc2ccccn12. The standard InChI is InChI=1S/C20H24N4O/c1-15(2)25-18-10-4-3-8-16(18)14-23-12-7-9-17(23)20-22-21-19-11-5-6-13-24(19)20/h3-6,8,10-11,13,15,17H,7,9,12,14H2,1-2H3/t17-/m0/s1. The second-order valence-electron chi connectivity index (χ2n) is 6.89. The molecule has 2 aromatic heterocycles. The quantitative estimate of drug-likeness (QED) is 0.710. The molecule has 0 N–H and O–H groups in total. The van der Waals surface area contributed by atoms with E-state index in [9.17, 15) is 0 Å². The molecular weight excluding hydrogens is 312 g/mol. The van der Waals surface area contributed by atoms with Gasteiger partial charge in [0, 0.05) is 18.3 Å². The molecule has 3 heterocycles. The number of benzene rings is 1. The summed E-state index contributed by atoms with van der Waals surface area (Å²) in [4.78, 5) is 2.49. The molecule has 0 amide bonds. The fourth-order valence-electron chi connectivity index (χ4n) is 3.62. The lowest BCUT2D eigenvalue weighted by atomic mass is 10.1. The summed E-state index contributed by atoms with van der Waals surface area (Å²) in [6.45, 7) is 6.08. The Morgan fingerprint density at radius 1 is 1.12 bits per heavy atom. The van der Waals surface area contributed by atoms with E-state index in [1.807, 2.05) is 24.3 Å². The zero-order chi connectivity index (χ0) is 17.2. The van der Waals surface area contributed by atoms with E-state index in [2.05, 4.69) is 57.7 Å². The molecule has 1 aliphatic rings. The van der Waals surface area contributed by atoms with Gasteiger partial charge in [0.25, 0.3) is 0 Å². The Balaban J connectivity index is 1.61. The van der Waals surface area contributed by atoms with Gasteiger partial charge >= 0.3 is 0 Å². The van der Waals surface area contributed by atoms with E-state index in [4.69, 9.17) is 4.74 Å². The molecule has 4 rings (SSSR count). The zero-order valence-electron chi connectivity index (χ0n) is 14.8. The minimum atomic E-state index is 0.177. The number of pyridine rings is 1. The van der Waals surface area contributed by atoms with Crippen LogP contribution in [0.3, 0.4) is 0 Å². The summed E-state index contributed by atoms with van der Waals surface area (Å²) < 4.78 is 8.10. The van der Waals surface area contributed by atoms with Crippen LogP contribution in [0, 0.1) is 0 Å². The van der Waals surface area contributed by atoms with Crippen molar-refractivity contribution in [1.29, 1.82) is 0 Å².